The van der Waals surface area contributed by atoms with Crippen LogP contribution in [0.25, 0.3) is 0 Å². The molecule has 0 amide bonds. The third-order valence-electron chi connectivity index (χ3n) is 13.1. The molecule has 9 nitrogen and oxygen atoms in total. The lowest BCUT2D eigenvalue weighted by Gasteiger charge is -2.66. The Balaban J connectivity index is 1.13. The quantitative estimate of drug-likeness (QED) is 0.114. The average Bonchev–Trinajstić information content (AvgIpc) is 3.32. The summed E-state index contributed by atoms with van der Waals surface area (Å²) in [7, 11) is 0. The van der Waals surface area contributed by atoms with E-state index in [0.29, 0.717) is 51.6 Å². The van der Waals surface area contributed by atoms with Gasteiger partial charge in [-0.05, 0) is 87.2 Å². The zero-order valence-corrected chi connectivity index (χ0v) is 28.5. The maximum Gasteiger partial charge on any atom is 0.335 e. The van der Waals surface area contributed by atoms with Gasteiger partial charge in [-0.3, -0.25) is 4.79 Å². The Morgan fingerprint density at radius 1 is 0.830 bits per heavy atom. The second-order valence-electron chi connectivity index (χ2n) is 15.8. The van der Waals surface area contributed by atoms with Crippen molar-refractivity contribution in [3.8, 4) is 0 Å². The van der Waals surface area contributed by atoms with Crippen LogP contribution in [0.3, 0.4) is 0 Å². The van der Waals surface area contributed by atoms with E-state index in [1.807, 2.05) is 0 Å². The second-order valence-corrected chi connectivity index (χ2v) is 15.8. The van der Waals surface area contributed by atoms with E-state index in [4.69, 9.17) is 14.3 Å². The molecule has 5 rings (SSSR count). The Kier molecular flexibility index (Phi) is 12.0. The highest BCUT2D eigenvalue weighted by Crippen LogP contribution is 2.70. The summed E-state index contributed by atoms with van der Waals surface area (Å²) in [4.78, 5) is 24.4. The molecule has 4 saturated carbocycles. The number of esters is 1. The molecule has 5 N–H and O–H groups in total. The van der Waals surface area contributed by atoms with Crippen molar-refractivity contribution >= 4 is 5.97 Å². The minimum Gasteiger partial charge on any atom is -0.462 e. The van der Waals surface area contributed by atoms with Crippen molar-refractivity contribution in [2.45, 2.75) is 164 Å². The lowest BCUT2D eigenvalue weighted by Crippen LogP contribution is -2.73. The predicted molar refractivity (Wildman–Crippen MR) is 178 cm³/mol. The number of hydrogen-bond acceptors (Lipinski definition) is 9. The number of unbranched alkanes of at least 4 members (excludes halogenated alkanes) is 10. The highest BCUT2D eigenvalue weighted by atomic mass is 16.5. The minimum atomic E-state index is -1.50. The molecule has 9 unspecified atom stereocenters. The Morgan fingerprint density at radius 2 is 1.47 bits per heavy atom. The number of rotatable bonds is 16. The molecule has 1 aromatic heterocycles. The van der Waals surface area contributed by atoms with Gasteiger partial charge in [0.1, 0.15) is 6.10 Å². The van der Waals surface area contributed by atoms with Gasteiger partial charge in [0.25, 0.3) is 0 Å². The molecular weight excluding hydrogens is 600 g/mol. The first-order valence-corrected chi connectivity index (χ1v) is 18.7. The fourth-order valence-electron chi connectivity index (χ4n) is 10.7. The first-order chi connectivity index (χ1) is 22.5. The number of aliphatic hydroxyl groups is 5. The summed E-state index contributed by atoms with van der Waals surface area (Å²) in [5.41, 5.74) is -4.22. The lowest BCUT2D eigenvalue weighted by atomic mass is 9.42. The van der Waals surface area contributed by atoms with E-state index in [2.05, 4.69) is 6.92 Å². The number of ether oxygens (including phenoxy) is 1. The van der Waals surface area contributed by atoms with Gasteiger partial charge in [0, 0.05) is 43.5 Å². The largest absolute Gasteiger partial charge is 0.462 e. The van der Waals surface area contributed by atoms with E-state index in [-0.39, 0.29) is 43.2 Å². The molecule has 0 radical (unpaired) electrons. The van der Waals surface area contributed by atoms with Crippen LogP contribution < -0.4 is 5.63 Å². The van der Waals surface area contributed by atoms with Crippen LogP contribution >= 0.6 is 0 Å². The van der Waals surface area contributed by atoms with Crippen LogP contribution in [0, 0.1) is 23.2 Å². The molecule has 0 saturated heterocycles. The van der Waals surface area contributed by atoms with Crippen molar-refractivity contribution in [2.75, 3.05) is 13.2 Å². The SMILES string of the molecule is CC12CC(CO)C3C(CCC4(O)CC(OC(=O)CCCCCCCCCCCCCO)CCC34O)C1(O)CCC2c1ccc(=O)oc1. The van der Waals surface area contributed by atoms with Crippen LogP contribution in [0.2, 0.25) is 0 Å². The van der Waals surface area contributed by atoms with Crippen molar-refractivity contribution in [1.29, 1.82) is 0 Å². The third kappa shape index (κ3) is 7.26. The molecule has 9 atom stereocenters. The molecule has 1 aromatic rings. The molecule has 9 heteroatoms. The van der Waals surface area contributed by atoms with Crippen LogP contribution in [-0.2, 0) is 9.53 Å². The van der Waals surface area contributed by atoms with Crippen LogP contribution in [-0.4, -0.2) is 67.6 Å². The number of carbonyl (C=O) groups is 1. The molecule has 4 fully saturated rings. The molecule has 1 heterocycles. The summed E-state index contributed by atoms with van der Waals surface area (Å²) in [6.07, 6.45) is 17.0. The van der Waals surface area contributed by atoms with E-state index in [1.54, 1.807) is 6.07 Å². The van der Waals surface area contributed by atoms with Crippen molar-refractivity contribution in [2.24, 2.45) is 23.2 Å². The zero-order valence-electron chi connectivity index (χ0n) is 28.5. The lowest BCUT2D eigenvalue weighted by molar-refractivity contribution is -0.303. The normalized spacial score (nSPS) is 38.0. The predicted octanol–water partition coefficient (Wildman–Crippen LogP) is 5.52. The minimum absolute atomic E-state index is 0.0596. The van der Waals surface area contributed by atoms with Gasteiger partial charge in [0.2, 0.25) is 0 Å². The molecule has 0 spiro atoms. The molecule has 266 valence electrons. The summed E-state index contributed by atoms with van der Waals surface area (Å²) >= 11 is 0. The zero-order chi connectivity index (χ0) is 33.7. The fourth-order valence-corrected chi connectivity index (χ4v) is 10.7. The van der Waals surface area contributed by atoms with Gasteiger partial charge in [0.05, 0.1) is 23.1 Å². The molecular formula is C38H60O9. The van der Waals surface area contributed by atoms with Crippen molar-refractivity contribution in [3.05, 3.63) is 34.4 Å². The first kappa shape index (κ1) is 36.5. The van der Waals surface area contributed by atoms with E-state index in [9.17, 15) is 30.0 Å². The van der Waals surface area contributed by atoms with Crippen LogP contribution in [0.15, 0.2) is 27.6 Å². The van der Waals surface area contributed by atoms with E-state index < -0.39 is 39.9 Å². The maximum atomic E-state index is 12.8. The Labute approximate surface area is 280 Å². The van der Waals surface area contributed by atoms with Gasteiger partial charge in [-0.25, -0.2) is 4.79 Å². The Bertz CT molecular complexity index is 1210. The Hall–Kier alpha value is -1.78. The molecule has 0 aliphatic heterocycles. The molecule has 4 aliphatic rings. The fraction of sp³-hybridized carbons (Fsp3) is 0.842. The van der Waals surface area contributed by atoms with Crippen LogP contribution in [0.1, 0.15) is 147 Å². The highest BCUT2D eigenvalue weighted by Gasteiger charge is 2.73. The summed E-state index contributed by atoms with van der Waals surface area (Å²) in [6, 6.07) is 3.18. The second kappa shape index (κ2) is 15.4. The summed E-state index contributed by atoms with van der Waals surface area (Å²) in [5.74, 6) is -1.42. The van der Waals surface area contributed by atoms with Crippen molar-refractivity contribution in [1.82, 2.24) is 0 Å². The van der Waals surface area contributed by atoms with Crippen molar-refractivity contribution in [3.63, 3.8) is 0 Å². The van der Waals surface area contributed by atoms with Crippen LogP contribution in [0.5, 0.6) is 0 Å². The number of fused-ring (bicyclic) bond motifs is 5. The average molecular weight is 661 g/mol. The van der Waals surface area contributed by atoms with Gasteiger partial charge in [0.15, 0.2) is 0 Å². The third-order valence-corrected chi connectivity index (χ3v) is 13.1. The van der Waals surface area contributed by atoms with Gasteiger partial charge in [-0.2, -0.15) is 0 Å². The molecule has 0 bridgehead atoms. The first-order valence-electron chi connectivity index (χ1n) is 18.7. The Morgan fingerprint density at radius 3 is 2.09 bits per heavy atom. The van der Waals surface area contributed by atoms with Crippen molar-refractivity contribution < 1.29 is 39.5 Å². The standard InChI is InChI=1S/C38H60O9/c1-35-23-28(25-40)34-31(37(35,44)21-18-30(35)27-14-15-32(41)46-26-27)17-19-36(43)24-29(16-20-38(34,36)45)47-33(42)13-11-9-7-5-3-2-4-6-8-10-12-22-39/h14-15,26,28-31,34,39-40,43-45H,2-13,16-25H2,1H3. The number of carbonyl (C=O) groups excluding carboxylic acids is 1. The highest BCUT2D eigenvalue weighted by molar-refractivity contribution is 5.69. The summed E-state index contributed by atoms with van der Waals surface area (Å²) < 4.78 is 11.0. The van der Waals surface area contributed by atoms with E-state index in [1.165, 1.54) is 50.9 Å². The topological polar surface area (TPSA) is 158 Å². The maximum absolute atomic E-state index is 12.8. The van der Waals surface area contributed by atoms with Gasteiger partial charge in [-0.15, -0.1) is 0 Å². The van der Waals surface area contributed by atoms with Gasteiger partial charge in [-0.1, -0.05) is 64.7 Å². The number of hydrogen-bond donors (Lipinski definition) is 5. The van der Waals surface area contributed by atoms with Crippen LogP contribution in [0.4, 0.5) is 0 Å². The van der Waals surface area contributed by atoms with Gasteiger partial charge >= 0.3 is 11.6 Å². The van der Waals surface area contributed by atoms with Gasteiger partial charge < -0.3 is 34.7 Å². The molecule has 0 aromatic carbocycles. The molecule has 4 aliphatic carbocycles. The summed E-state index contributed by atoms with van der Waals surface area (Å²) in [6.45, 7) is 2.20. The van der Waals surface area contributed by atoms with E-state index in [0.717, 1.165) is 37.7 Å². The smallest absolute Gasteiger partial charge is 0.335 e. The monoisotopic (exact) mass is 660 g/mol. The molecule has 47 heavy (non-hydrogen) atoms. The number of aliphatic hydroxyl groups excluding tert-OH is 2. The summed E-state index contributed by atoms with van der Waals surface area (Å²) in [5, 5.41) is 56.5. The van der Waals surface area contributed by atoms with E-state index >= 15 is 0 Å².